The van der Waals surface area contributed by atoms with Gasteiger partial charge in [0.25, 0.3) is 0 Å². The molecule has 0 saturated heterocycles. The normalized spacial score (nSPS) is 29.6. The van der Waals surface area contributed by atoms with Crippen LogP contribution in [0.15, 0.2) is 18.2 Å². The van der Waals surface area contributed by atoms with Gasteiger partial charge in [-0.15, -0.1) is 0 Å². The SMILES string of the molecule is CC1CCCCC1(NC(=O)C1(Nc2cc(C(=O)O)cc(C(=O)O)c2)CCCCC1C)C(N)=O. The van der Waals surface area contributed by atoms with Crippen LogP contribution in [0.4, 0.5) is 5.69 Å². The topological polar surface area (TPSA) is 159 Å². The molecule has 6 N–H and O–H groups in total. The largest absolute Gasteiger partial charge is 0.478 e. The van der Waals surface area contributed by atoms with E-state index in [2.05, 4.69) is 10.6 Å². The van der Waals surface area contributed by atoms with E-state index < -0.39 is 28.9 Å². The third-order valence-electron chi connectivity index (χ3n) is 7.57. The molecule has 0 bridgehead atoms. The number of hydrogen-bond acceptors (Lipinski definition) is 5. The highest BCUT2D eigenvalue weighted by Crippen LogP contribution is 2.40. The summed E-state index contributed by atoms with van der Waals surface area (Å²) in [6, 6.07) is 3.75. The first-order valence-electron chi connectivity index (χ1n) is 11.5. The van der Waals surface area contributed by atoms with Crippen LogP contribution in [-0.4, -0.2) is 45.0 Å². The van der Waals surface area contributed by atoms with Gasteiger partial charge < -0.3 is 26.6 Å². The number of nitrogens with two attached hydrogens (primary N) is 1. The van der Waals surface area contributed by atoms with Crippen LogP contribution in [-0.2, 0) is 9.59 Å². The lowest BCUT2D eigenvalue weighted by atomic mass is 9.69. The maximum Gasteiger partial charge on any atom is 0.335 e. The molecule has 0 heterocycles. The summed E-state index contributed by atoms with van der Waals surface area (Å²) >= 11 is 0. The minimum absolute atomic E-state index is 0.113. The molecule has 0 aromatic heterocycles. The summed E-state index contributed by atoms with van der Waals surface area (Å²) in [6.45, 7) is 3.86. The summed E-state index contributed by atoms with van der Waals surface area (Å²) in [4.78, 5) is 49.6. The zero-order chi connectivity index (χ0) is 24.4. The molecular formula is C24H33N3O6. The zero-order valence-corrected chi connectivity index (χ0v) is 19.1. The Hall–Kier alpha value is -3.10. The van der Waals surface area contributed by atoms with Crippen LogP contribution in [0.1, 0.15) is 85.9 Å². The van der Waals surface area contributed by atoms with Gasteiger partial charge in [-0.1, -0.05) is 39.5 Å². The first kappa shape index (κ1) is 24.5. The van der Waals surface area contributed by atoms with Crippen molar-refractivity contribution >= 4 is 29.4 Å². The van der Waals surface area contributed by atoms with E-state index in [0.29, 0.717) is 12.8 Å². The zero-order valence-electron chi connectivity index (χ0n) is 19.1. The molecule has 0 aliphatic heterocycles. The Bertz CT molecular complexity index is 931. The van der Waals surface area contributed by atoms with Gasteiger partial charge >= 0.3 is 11.9 Å². The Kier molecular flexibility index (Phi) is 7.00. The number of carbonyl (C=O) groups is 4. The molecule has 9 heteroatoms. The molecule has 2 saturated carbocycles. The number of primary amides is 1. The predicted molar refractivity (Wildman–Crippen MR) is 122 cm³/mol. The van der Waals surface area contributed by atoms with Crippen LogP contribution in [0.5, 0.6) is 0 Å². The van der Waals surface area contributed by atoms with E-state index in [1.165, 1.54) is 12.1 Å². The van der Waals surface area contributed by atoms with Gasteiger partial charge in [-0.05, 0) is 55.7 Å². The Morgan fingerprint density at radius 2 is 1.33 bits per heavy atom. The van der Waals surface area contributed by atoms with Gasteiger partial charge in [-0.25, -0.2) is 9.59 Å². The van der Waals surface area contributed by atoms with E-state index in [-0.39, 0.29) is 34.6 Å². The first-order valence-corrected chi connectivity index (χ1v) is 11.5. The summed E-state index contributed by atoms with van der Waals surface area (Å²) in [5.74, 6) is -3.70. The molecule has 2 fully saturated rings. The number of aromatic carboxylic acids is 2. The quantitative estimate of drug-likeness (QED) is 0.419. The van der Waals surface area contributed by atoms with Crippen molar-refractivity contribution < 1.29 is 29.4 Å². The lowest BCUT2D eigenvalue weighted by molar-refractivity contribution is -0.139. The van der Waals surface area contributed by atoms with Crippen LogP contribution in [0, 0.1) is 11.8 Å². The number of rotatable bonds is 7. The molecule has 0 radical (unpaired) electrons. The van der Waals surface area contributed by atoms with Crippen molar-refractivity contribution in [2.75, 3.05) is 5.32 Å². The Balaban J connectivity index is 2.02. The minimum Gasteiger partial charge on any atom is -0.478 e. The van der Waals surface area contributed by atoms with Crippen LogP contribution >= 0.6 is 0 Å². The van der Waals surface area contributed by atoms with E-state index in [9.17, 15) is 29.4 Å². The molecule has 9 nitrogen and oxygen atoms in total. The Labute approximate surface area is 193 Å². The molecule has 1 aromatic rings. The molecule has 2 aliphatic carbocycles. The number of hydrogen-bond donors (Lipinski definition) is 5. The lowest BCUT2D eigenvalue weighted by Gasteiger charge is -2.47. The third-order valence-corrected chi connectivity index (χ3v) is 7.57. The second-order valence-corrected chi connectivity index (χ2v) is 9.59. The average Bonchev–Trinajstić information content (AvgIpc) is 2.76. The summed E-state index contributed by atoms with van der Waals surface area (Å²) < 4.78 is 0. The lowest BCUT2D eigenvalue weighted by Crippen LogP contribution is -2.68. The Morgan fingerprint density at radius 1 is 0.848 bits per heavy atom. The van der Waals surface area contributed by atoms with Gasteiger partial charge in [-0.3, -0.25) is 9.59 Å². The summed E-state index contributed by atoms with van der Waals surface area (Å²) in [5, 5.41) is 25.1. The molecule has 4 atom stereocenters. The van der Waals surface area contributed by atoms with Crippen LogP contribution in [0.25, 0.3) is 0 Å². The minimum atomic E-state index is -1.26. The predicted octanol–water partition coefficient (Wildman–Crippen LogP) is 2.99. The van der Waals surface area contributed by atoms with Crippen molar-refractivity contribution in [3.05, 3.63) is 29.3 Å². The van der Waals surface area contributed by atoms with E-state index in [4.69, 9.17) is 5.73 Å². The van der Waals surface area contributed by atoms with E-state index in [1.54, 1.807) is 0 Å². The van der Waals surface area contributed by atoms with E-state index >= 15 is 0 Å². The number of carboxylic acid groups (broad SMARTS) is 2. The highest BCUT2D eigenvalue weighted by molar-refractivity contribution is 5.98. The van der Waals surface area contributed by atoms with Gasteiger partial charge in [0.05, 0.1) is 11.1 Å². The number of amides is 2. The Morgan fingerprint density at radius 3 is 1.76 bits per heavy atom. The number of nitrogens with one attached hydrogen (secondary N) is 2. The molecule has 33 heavy (non-hydrogen) atoms. The standard InChI is InChI=1S/C24H33N3O6/c1-14-7-3-5-9-23(14,21(25)32)27-22(33)24(10-6-4-8-15(24)2)26-18-12-16(19(28)29)11-17(13-18)20(30)31/h11-15,26H,3-10H2,1-2H3,(H2,25,32)(H,27,33)(H,28,29)(H,30,31). The molecule has 4 unspecified atom stereocenters. The van der Waals surface area contributed by atoms with Crippen LogP contribution in [0.2, 0.25) is 0 Å². The fraction of sp³-hybridized carbons (Fsp3) is 0.583. The average molecular weight is 460 g/mol. The molecule has 2 amide bonds. The monoisotopic (exact) mass is 459 g/mol. The molecule has 2 aliphatic rings. The smallest absolute Gasteiger partial charge is 0.335 e. The van der Waals surface area contributed by atoms with Gasteiger partial charge in [-0.2, -0.15) is 0 Å². The van der Waals surface area contributed by atoms with E-state index in [0.717, 1.165) is 44.6 Å². The van der Waals surface area contributed by atoms with Crippen LogP contribution in [0.3, 0.4) is 0 Å². The van der Waals surface area contributed by atoms with Gasteiger partial charge in [0.15, 0.2) is 0 Å². The van der Waals surface area contributed by atoms with Crippen molar-refractivity contribution in [1.82, 2.24) is 5.32 Å². The van der Waals surface area contributed by atoms with E-state index in [1.807, 2.05) is 13.8 Å². The van der Waals surface area contributed by atoms with Crippen molar-refractivity contribution in [2.45, 2.75) is 76.3 Å². The molecule has 3 rings (SSSR count). The summed E-state index contributed by atoms with van der Waals surface area (Å²) in [5.41, 5.74) is 3.38. The number of anilines is 1. The number of carbonyl (C=O) groups excluding carboxylic acids is 2. The highest BCUT2D eigenvalue weighted by atomic mass is 16.4. The summed E-state index contributed by atoms with van der Waals surface area (Å²) in [6.07, 6.45) is 5.91. The molecule has 1 aromatic carbocycles. The van der Waals surface area contributed by atoms with Crippen molar-refractivity contribution in [1.29, 1.82) is 0 Å². The van der Waals surface area contributed by atoms with Crippen molar-refractivity contribution in [3.8, 4) is 0 Å². The maximum absolute atomic E-state index is 13.9. The maximum atomic E-state index is 13.9. The van der Waals surface area contributed by atoms with Gasteiger partial charge in [0.2, 0.25) is 11.8 Å². The second-order valence-electron chi connectivity index (χ2n) is 9.59. The van der Waals surface area contributed by atoms with Gasteiger partial charge in [0, 0.05) is 5.69 Å². The summed E-state index contributed by atoms with van der Waals surface area (Å²) in [7, 11) is 0. The highest BCUT2D eigenvalue weighted by Gasteiger charge is 2.51. The van der Waals surface area contributed by atoms with Crippen molar-refractivity contribution in [3.63, 3.8) is 0 Å². The fourth-order valence-electron chi connectivity index (χ4n) is 5.41. The second kappa shape index (κ2) is 9.41. The first-order chi connectivity index (χ1) is 15.5. The number of carboxylic acids is 2. The van der Waals surface area contributed by atoms with Crippen molar-refractivity contribution in [2.24, 2.45) is 17.6 Å². The molecule has 180 valence electrons. The molecular weight excluding hydrogens is 426 g/mol. The van der Waals surface area contributed by atoms with Crippen LogP contribution < -0.4 is 16.4 Å². The molecule has 0 spiro atoms. The third kappa shape index (κ3) is 4.67. The number of benzene rings is 1. The van der Waals surface area contributed by atoms with Gasteiger partial charge in [0.1, 0.15) is 11.1 Å². The fourth-order valence-corrected chi connectivity index (χ4v) is 5.41.